The van der Waals surface area contributed by atoms with E-state index in [0.29, 0.717) is 6.61 Å². The first-order chi connectivity index (χ1) is 5.76. The maximum atomic E-state index is 5.05. The smallest absolute Gasteiger partial charge is 0.122 e. The summed E-state index contributed by atoms with van der Waals surface area (Å²) in [5, 5.41) is 0. The van der Waals surface area contributed by atoms with E-state index in [9.17, 15) is 0 Å². The van der Waals surface area contributed by atoms with Gasteiger partial charge in [-0.1, -0.05) is 0 Å². The third kappa shape index (κ3) is 2.18. The van der Waals surface area contributed by atoms with Crippen LogP contribution in [0.4, 0.5) is 0 Å². The molecule has 0 saturated carbocycles. The number of nitrogens with zero attached hydrogens (tertiary/aromatic N) is 1. The largest absolute Gasteiger partial charge is 0.497 e. The zero-order valence-electron chi connectivity index (χ0n) is 7.20. The van der Waals surface area contributed by atoms with Crippen molar-refractivity contribution < 1.29 is 9.57 Å². The highest BCUT2D eigenvalue weighted by Gasteiger charge is 1.99. The molecule has 4 nitrogen and oxygen atoms in total. The van der Waals surface area contributed by atoms with E-state index in [1.54, 1.807) is 13.2 Å². The fraction of sp³-hybridized carbons (Fsp3) is 0.375. The molecule has 1 aromatic heterocycles. The monoisotopic (exact) mass is 168 g/mol. The molecule has 2 N–H and O–H groups in total. The van der Waals surface area contributed by atoms with Crippen LogP contribution in [0.2, 0.25) is 0 Å². The average Bonchev–Trinajstić information content (AvgIpc) is 2.04. The van der Waals surface area contributed by atoms with Gasteiger partial charge in [-0.2, -0.15) is 0 Å². The van der Waals surface area contributed by atoms with E-state index < -0.39 is 0 Å². The number of hydrogen-bond donors (Lipinski definition) is 1. The van der Waals surface area contributed by atoms with Crippen molar-refractivity contribution in [2.75, 3.05) is 7.11 Å². The second-order valence-electron chi connectivity index (χ2n) is 2.45. The lowest BCUT2D eigenvalue weighted by Crippen LogP contribution is -2.02. The van der Waals surface area contributed by atoms with E-state index in [1.807, 2.05) is 13.0 Å². The number of aromatic nitrogens is 1. The molecule has 0 unspecified atom stereocenters. The first-order valence-corrected chi connectivity index (χ1v) is 3.59. The summed E-state index contributed by atoms with van der Waals surface area (Å²) in [6, 6.07) is 3.64. The van der Waals surface area contributed by atoms with Gasteiger partial charge in [-0.05, 0) is 6.92 Å². The van der Waals surface area contributed by atoms with Crippen LogP contribution in [0, 0.1) is 6.92 Å². The van der Waals surface area contributed by atoms with Crippen LogP contribution in [0.15, 0.2) is 12.1 Å². The van der Waals surface area contributed by atoms with Gasteiger partial charge in [0.15, 0.2) is 0 Å². The van der Waals surface area contributed by atoms with Gasteiger partial charge in [0.2, 0.25) is 0 Å². The van der Waals surface area contributed by atoms with Crippen molar-refractivity contribution in [2.45, 2.75) is 13.5 Å². The van der Waals surface area contributed by atoms with Gasteiger partial charge >= 0.3 is 0 Å². The lowest BCUT2D eigenvalue weighted by Gasteiger charge is -2.04. The lowest BCUT2D eigenvalue weighted by molar-refractivity contribution is 0.121. The standard InChI is InChI=1S/C8H12N2O2/c1-6-3-8(11-2)4-7(10-6)5-12-9/h3-4H,5,9H2,1-2H3. The van der Waals surface area contributed by atoms with E-state index in [2.05, 4.69) is 9.82 Å². The maximum absolute atomic E-state index is 5.05. The molecule has 0 bridgehead atoms. The van der Waals surface area contributed by atoms with Gasteiger partial charge in [0.25, 0.3) is 0 Å². The summed E-state index contributed by atoms with van der Waals surface area (Å²) < 4.78 is 5.05. The molecular formula is C8H12N2O2. The second kappa shape index (κ2) is 4.04. The van der Waals surface area contributed by atoms with E-state index in [4.69, 9.17) is 10.6 Å². The number of hydrogen-bond acceptors (Lipinski definition) is 4. The Morgan fingerprint density at radius 2 is 2.25 bits per heavy atom. The molecule has 0 aliphatic heterocycles. The summed E-state index contributed by atoms with van der Waals surface area (Å²) in [6.07, 6.45) is 0. The predicted molar refractivity (Wildman–Crippen MR) is 44.5 cm³/mol. The molecule has 12 heavy (non-hydrogen) atoms. The summed E-state index contributed by atoms with van der Waals surface area (Å²) in [5.41, 5.74) is 1.66. The minimum Gasteiger partial charge on any atom is -0.497 e. The van der Waals surface area contributed by atoms with Crippen molar-refractivity contribution in [1.82, 2.24) is 4.98 Å². The summed E-state index contributed by atoms with van der Waals surface area (Å²) >= 11 is 0. The van der Waals surface area contributed by atoms with Crippen LogP contribution in [0.1, 0.15) is 11.4 Å². The Morgan fingerprint density at radius 3 is 2.83 bits per heavy atom. The first kappa shape index (κ1) is 8.96. The molecule has 4 heteroatoms. The molecule has 0 saturated heterocycles. The minimum absolute atomic E-state index is 0.304. The molecule has 0 spiro atoms. The number of methoxy groups -OCH3 is 1. The highest BCUT2D eigenvalue weighted by Crippen LogP contribution is 2.13. The highest BCUT2D eigenvalue weighted by molar-refractivity contribution is 5.26. The Labute approximate surface area is 71.3 Å². The quantitative estimate of drug-likeness (QED) is 0.678. The van der Waals surface area contributed by atoms with Crippen molar-refractivity contribution in [1.29, 1.82) is 0 Å². The normalized spacial score (nSPS) is 9.92. The molecule has 0 aliphatic rings. The molecule has 1 heterocycles. The van der Waals surface area contributed by atoms with E-state index in [1.165, 1.54) is 0 Å². The molecule has 1 rings (SSSR count). The SMILES string of the molecule is COc1cc(C)nc(CON)c1. The van der Waals surface area contributed by atoms with Crippen LogP contribution < -0.4 is 10.6 Å². The Morgan fingerprint density at radius 1 is 1.50 bits per heavy atom. The predicted octanol–water partition coefficient (Wildman–Crippen LogP) is 0.789. The van der Waals surface area contributed by atoms with E-state index in [-0.39, 0.29) is 0 Å². The second-order valence-corrected chi connectivity index (χ2v) is 2.45. The van der Waals surface area contributed by atoms with E-state index >= 15 is 0 Å². The van der Waals surface area contributed by atoms with Crippen LogP contribution >= 0.6 is 0 Å². The average molecular weight is 168 g/mol. The Kier molecular flexibility index (Phi) is 3.01. The van der Waals surface area contributed by atoms with Gasteiger partial charge in [-0.25, -0.2) is 5.90 Å². The zero-order chi connectivity index (χ0) is 8.97. The van der Waals surface area contributed by atoms with Crippen LogP contribution in [-0.2, 0) is 11.4 Å². The Hall–Kier alpha value is -1.13. The maximum Gasteiger partial charge on any atom is 0.122 e. The van der Waals surface area contributed by atoms with Crippen molar-refractivity contribution >= 4 is 0 Å². The summed E-state index contributed by atoms with van der Waals surface area (Å²) in [5.74, 6) is 5.69. The van der Waals surface area contributed by atoms with Crippen molar-refractivity contribution in [3.05, 3.63) is 23.5 Å². The van der Waals surface area contributed by atoms with Crippen LogP contribution in [0.25, 0.3) is 0 Å². The molecule has 0 aliphatic carbocycles. The topological polar surface area (TPSA) is 57.4 Å². The van der Waals surface area contributed by atoms with E-state index in [0.717, 1.165) is 17.1 Å². The number of nitrogens with two attached hydrogens (primary N) is 1. The van der Waals surface area contributed by atoms with Gasteiger partial charge in [-0.3, -0.25) is 9.82 Å². The number of pyridine rings is 1. The molecule has 0 aromatic carbocycles. The number of aryl methyl sites for hydroxylation is 1. The Balaban J connectivity index is 2.90. The lowest BCUT2D eigenvalue weighted by atomic mass is 10.3. The molecular weight excluding hydrogens is 156 g/mol. The van der Waals surface area contributed by atoms with Crippen LogP contribution in [0.3, 0.4) is 0 Å². The van der Waals surface area contributed by atoms with Crippen LogP contribution in [-0.4, -0.2) is 12.1 Å². The molecule has 66 valence electrons. The highest BCUT2D eigenvalue weighted by atomic mass is 16.6. The molecule has 0 atom stereocenters. The van der Waals surface area contributed by atoms with Crippen molar-refractivity contribution in [3.63, 3.8) is 0 Å². The third-order valence-corrected chi connectivity index (χ3v) is 1.45. The van der Waals surface area contributed by atoms with Gasteiger partial charge in [0, 0.05) is 17.8 Å². The van der Waals surface area contributed by atoms with Crippen molar-refractivity contribution in [2.24, 2.45) is 5.90 Å². The molecule has 0 fully saturated rings. The van der Waals surface area contributed by atoms with Gasteiger partial charge in [0.05, 0.1) is 12.8 Å². The molecule has 0 radical (unpaired) electrons. The zero-order valence-corrected chi connectivity index (χ0v) is 7.20. The van der Waals surface area contributed by atoms with Gasteiger partial charge in [0.1, 0.15) is 12.4 Å². The fourth-order valence-electron chi connectivity index (χ4n) is 0.980. The molecule has 0 amide bonds. The summed E-state index contributed by atoms with van der Waals surface area (Å²) in [7, 11) is 1.61. The van der Waals surface area contributed by atoms with Crippen LogP contribution in [0.5, 0.6) is 5.75 Å². The number of rotatable bonds is 3. The molecule has 1 aromatic rings. The first-order valence-electron chi connectivity index (χ1n) is 3.59. The minimum atomic E-state index is 0.304. The third-order valence-electron chi connectivity index (χ3n) is 1.45. The van der Waals surface area contributed by atoms with Gasteiger partial charge < -0.3 is 4.74 Å². The van der Waals surface area contributed by atoms with Crippen molar-refractivity contribution in [3.8, 4) is 5.75 Å². The summed E-state index contributed by atoms with van der Waals surface area (Å²) in [6.45, 7) is 2.20. The summed E-state index contributed by atoms with van der Waals surface area (Å²) in [4.78, 5) is 8.65. The Bertz CT molecular complexity index is 263. The van der Waals surface area contributed by atoms with Gasteiger partial charge in [-0.15, -0.1) is 0 Å². The number of ether oxygens (including phenoxy) is 1. The fourth-order valence-corrected chi connectivity index (χ4v) is 0.980.